The zero-order valence-electron chi connectivity index (χ0n) is 7.69. The SMILES string of the molecule is CSC1=NC(=Cc2ccc(Br)o2)C(=O)S1. The zero-order chi connectivity index (χ0) is 10.8. The van der Waals surface area contributed by atoms with Gasteiger partial charge in [-0.25, -0.2) is 4.99 Å². The lowest BCUT2D eigenvalue weighted by atomic mass is 10.3. The van der Waals surface area contributed by atoms with E-state index < -0.39 is 0 Å². The van der Waals surface area contributed by atoms with Gasteiger partial charge in [-0.2, -0.15) is 0 Å². The summed E-state index contributed by atoms with van der Waals surface area (Å²) in [5.41, 5.74) is 0.436. The Balaban J connectivity index is 2.27. The normalized spacial score (nSPS) is 18.7. The molecule has 0 fully saturated rings. The van der Waals surface area contributed by atoms with E-state index >= 15 is 0 Å². The van der Waals surface area contributed by atoms with Gasteiger partial charge in [-0.05, 0) is 46.1 Å². The maximum Gasteiger partial charge on any atom is 0.244 e. The molecule has 0 saturated heterocycles. The molecule has 0 N–H and O–H groups in total. The third-order valence-electron chi connectivity index (χ3n) is 1.65. The summed E-state index contributed by atoms with van der Waals surface area (Å²) in [5.74, 6) is 0.622. The molecule has 0 aromatic carbocycles. The van der Waals surface area contributed by atoms with Gasteiger partial charge < -0.3 is 4.42 Å². The third-order valence-corrected chi connectivity index (χ3v) is 3.93. The Morgan fingerprint density at radius 2 is 2.40 bits per heavy atom. The number of halogens is 1. The fourth-order valence-corrected chi connectivity index (χ4v) is 2.60. The molecule has 1 aromatic rings. The van der Waals surface area contributed by atoms with Gasteiger partial charge in [0.25, 0.3) is 0 Å². The monoisotopic (exact) mass is 303 g/mol. The first-order valence-electron chi connectivity index (χ1n) is 4.01. The van der Waals surface area contributed by atoms with E-state index in [1.165, 1.54) is 11.8 Å². The van der Waals surface area contributed by atoms with Crippen LogP contribution in [0.25, 0.3) is 6.08 Å². The lowest BCUT2D eigenvalue weighted by molar-refractivity contribution is -0.107. The minimum atomic E-state index is -0.0353. The van der Waals surface area contributed by atoms with Crippen molar-refractivity contribution in [2.75, 3.05) is 6.26 Å². The van der Waals surface area contributed by atoms with Crippen LogP contribution < -0.4 is 0 Å². The molecule has 0 atom stereocenters. The quantitative estimate of drug-likeness (QED) is 0.746. The van der Waals surface area contributed by atoms with Gasteiger partial charge in [-0.1, -0.05) is 0 Å². The van der Waals surface area contributed by atoms with Crippen molar-refractivity contribution in [1.29, 1.82) is 0 Å². The Morgan fingerprint density at radius 3 is 2.93 bits per heavy atom. The lowest BCUT2D eigenvalue weighted by Gasteiger charge is -1.87. The summed E-state index contributed by atoms with van der Waals surface area (Å²) >= 11 is 5.82. The summed E-state index contributed by atoms with van der Waals surface area (Å²) in [6, 6.07) is 3.56. The molecule has 78 valence electrons. The maximum absolute atomic E-state index is 11.5. The molecule has 0 aliphatic carbocycles. The molecule has 0 spiro atoms. The first-order chi connectivity index (χ1) is 7.19. The predicted octanol–water partition coefficient (Wildman–Crippen LogP) is 3.38. The van der Waals surface area contributed by atoms with Crippen LogP contribution in [0.2, 0.25) is 0 Å². The number of carbonyl (C=O) groups is 1. The topological polar surface area (TPSA) is 42.6 Å². The molecule has 3 nitrogen and oxygen atoms in total. The molecule has 15 heavy (non-hydrogen) atoms. The van der Waals surface area contributed by atoms with Gasteiger partial charge in [0.2, 0.25) is 5.12 Å². The fraction of sp³-hybridized carbons (Fsp3) is 0.111. The van der Waals surface area contributed by atoms with Crippen LogP contribution in [0.4, 0.5) is 0 Å². The summed E-state index contributed by atoms with van der Waals surface area (Å²) in [6.07, 6.45) is 3.54. The third kappa shape index (κ3) is 2.56. The van der Waals surface area contributed by atoms with E-state index in [1.54, 1.807) is 18.2 Å². The van der Waals surface area contributed by atoms with Crippen LogP contribution in [0.3, 0.4) is 0 Å². The van der Waals surface area contributed by atoms with Crippen molar-refractivity contribution in [3.63, 3.8) is 0 Å². The molecule has 1 aliphatic heterocycles. The Labute approximate surface area is 104 Å². The van der Waals surface area contributed by atoms with E-state index in [-0.39, 0.29) is 5.12 Å². The van der Waals surface area contributed by atoms with Gasteiger partial charge in [0.1, 0.15) is 15.8 Å². The van der Waals surface area contributed by atoms with Gasteiger partial charge in [-0.15, -0.1) is 11.8 Å². The van der Waals surface area contributed by atoms with Crippen molar-refractivity contribution in [3.8, 4) is 0 Å². The van der Waals surface area contributed by atoms with Crippen LogP contribution in [0.5, 0.6) is 0 Å². The van der Waals surface area contributed by atoms with Crippen LogP contribution in [0, 0.1) is 0 Å². The molecule has 0 saturated carbocycles. The molecule has 0 bridgehead atoms. The fourth-order valence-electron chi connectivity index (χ4n) is 1.02. The Bertz CT molecular complexity index is 464. The average Bonchev–Trinajstić information content (AvgIpc) is 2.75. The van der Waals surface area contributed by atoms with Gasteiger partial charge in [0.15, 0.2) is 4.67 Å². The van der Waals surface area contributed by atoms with Gasteiger partial charge in [-0.3, -0.25) is 4.79 Å². The molecule has 1 aromatic heterocycles. The molecular weight excluding hydrogens is 298 g/mol. The van der Waals surface area contributed by atoms with E-state index in [2.05, 4.69) is 20.9 Å². The van der Waals surface area contributed by atoms with E-state index in [4.69, 9.17) is 4.42 Å². The number of rotatable bonds is 1. The molecule has 2 heterocycles. The summed E-state index contributed by atoms with van der Waals surface area (Å²) in [7, 11) is 0. The van der Waals surface area contributed by atoms with Crippen LogP contribution in [-0.2, 0) is 4.79 Å². The number of hydrogen-bond donors (Lipinski definition) is 0. The second-order valence-corrected chi connectivity index (χ2v) is 5.44. The summed E-state index contributed by atoms with van der Waals surface area (Å²) in [4.78, 5) is 15.6. The zero-order valence-corrected chi connectivity index (χ0v) is 10.9. The minimum absolute atomic E-state index is 0.0353. The molecule has 0 radical (unpaired) electrons. The number of thioether (sulfide) groups is 2. The standard InChI is InChI=1S/C9H6BrNO2S2/c1-14-9-11-6(8(12)15-9)4-5-2-3-7(10)13-5/h2-4H,1H3. The van der Waals surface area contributed by atoms with Gasteiger partial charge in [0, 0.05) is 6.08 Å². The van der Waals surface area contributed by atoms with Crippen LogP contribution in [0.15, 0.2) is 31.9 Å². The highest BCUT2D eigenvalue weighted by molar-refractivity contribution is 9.10. The Hall–Kier alpha value is -0.460. The smallest absolute Gasteiger partial charge is 0.244 e. The van der Waals surface area contributed by atoms with E-state index in [0.29, 0.717) is 16.1 Å². The molecule has 0 amide bonds. The number of furan rings is 1. The molecule has 2 rings (SSSR count). The molecule has 0 unspecified atom stereocenters. The molecular formula is C9H6BrNO2S2. The average molecular weight is 304 g/mol. The van der Waals surface area contributed by atoms with Crippen LogP contribution in [0.1, 0.15) is 5.76 Å². The highest BCUT2D eigenvalue weighted by Crippen LogP contribution is 2.30. The first-order valence-corrected chi connectivity index (χ1v) is 6.84. The Morgan fingerprint density at radius 1 is 1.60 bits per heavy atom. The van der Waals surface area contributed by atoms with Crippen molar-refractivity contribution < 1.29 is 9.21 Å². The van der Waals surface area contributed by atoms with Crippen LogP contribution in [-0.4, -0.2) is 15.7 Å². The maximum atomic E-state index is 11.5. The van der Waals surface area contributed by atoms with E-state index in [9.17, 15) is 4.79 Å². The van der Waals surface area contributed by atoms with Crippen molar-refractivity contribution in [3.05, 3.63) is 28.3 Å². The molecule has 6 heteroatoms. The minimum Gasteiger partial charge on any atom is -0.450 e. The van der Waals surface area contributed by atoms with Crippen molar-refractivity contribution in [2.24, 2.45) is 4.99 Å². The highest BCUT2D eigenvalue weighted by Gasteiger charge is 2.21. The van der Waals surface area contributed by atoms with Crippen LogP contribution >= 0.6 is 39.5 Å². The number of aliphatic imine (C=N–C) groups is 1. The van der Waals surface area contributed by atoms with Crippen molar-refractivity contribution in [2.45, 2.75) is 0 Å². The van der Waals surface area contributed by atoms with Crippen molar-refractivity contribution in [1.82, 2.24) is 0 Å². The summed E-state index contributed by atoms with van der Waals surface area (Å²) in [6.45, 7) is 0. The Kier molecular flexibility index (Phi) is 3.38. The van der Waals surface area contributed by atoms with E-state index in [1.807, 2.05) is 6.26 Å². The number of hydrogen-bond acceptors (Lipinski definition) is 5. The first kappa shape index (κ1) is 11.0. The van der Waals surface area contributed by atoms with Gasteiger partial charge >= 0.3 is 0 Å². The molecule has 1 aliphatic rings. The van der Waals surface area contributed by atoms with E-state index in [0.717, 1.165) is 16.1 Å². The lowest BCUT2D eigenvalue weighted by Crippen LogP contribution is -1.86. The highest BCUT2D eigenvalue weighted by atomic mass is 79.9. The number of nitrogens with zero attached hydrogens (tertiary/aromatic N) is 1. The van der Waals surface area contributed by atoms with Gasteiger partial charge in [0.05, 0.1) is 0 Å². The summed E-state index contributed by atoms with van der Waals surface area (Å²) < 4.78 is 6.68. The second-order valence-electron chi connectivity index (χ2n) is 2.64. The second kappa shape index (κ2) is 4.59. The number of carbonyl (C=O) groups excluding carboxylic acids is 1. The van der Waals surface area contributed by atoms with Crippen molar-refractivity contribution >= 4 is 55.0 Å². The largest absolute Gasteiger partial charge is 0.450 e. The summed E-state index contributed by atoms with van der Waals surface area (Å²) in [5, 5.41) is -0.0353. The predicted molar refractivity (Wildman–Crippen MR) is 67.9 cm³/mol.